The monoisotopic (exact) mass is 356 g/mol. The number of likely N-dealkylation sites (tertiary alicyclic amines) is 1. The van der Waals surface area contributed by atoms with Crippen LogP contribution in [0.1, 0.15) is 53.7 Å². The molecule has 0 unspecified atom stereocenters. The maximum atomic E-state index is 12.4. The van der Waals surface area contributed by atoms with Gasteiger partial charge in [-0.15, -0.1) is 0 Å². The first-order valence-electron chi connectivity index (χ1n) is 8.99. The first-order valence-corrected chi connectivity index (χ1v) is 9.37. The lowest BCUT2D eigenvalue weighted by molar-refractivity contribution is 0.0940. The number of hydrogen-bond acceptors (Lipinski definition) is 2. The van der Waals surface area contributed by atoms with Crippen molar-refractivity contribution in [3.05, 3.63) is 70.2 Å². The van der Waals surface area contributed by atoms with E-state index in [1.807, 2.05) is 43.3 Å². The van der Waals surface area contributed by atoms with E-state index < -0.39 is 0 Å². The summed E-state index contributed by atoms with van der Waals surface area (Å²) < 4.78 is 0. The highest BCUT2D eigenvalue weighted by Gasteiger charge is 2.13. The molecule has 1 aliphatic rings. The lowest BCUT2D eigenvalue weighted by Gasteiger charge is -2.26. The number of piperidine rings is 1. The molecule has 0 bridgehead atoms. The molecular weight excluding hydrogens is 332 g/mol. The Hall–Kier alpha value is -1.84. The molecule has 1 atom stereocenters. The standard InChI is InChI=1S/C21H25ClN2O/c1-16(18-9-11-20(22)12-10-18)23-21(25)19-7-5-17(6-8-19)15-24-13-3-2-4-14-24/h5-12,16H,2-4,13-15H2,1H3,(H,23,25)/t16-/m1/s1. The van der Waals surface area contributed by atoms with Crippen molar-refractivity contribution < 1.29 is 4.79 Å². The van der Waals surface area contributed by atoms with Crippen LogP contribution in [0.3, 0.4) is 0 Å². The Morgan fingerprint density at radius 2 is 1.68 bits per heavy atom. The third kappa shape index (κ3) is 5.07. The fraction of sp³-hybridized carbons (Fsp3) is 0.381. The molecule has 2 aromatic carbocycles. The van der Waals surface area contributed by atoms with Crippen LogP contribution in [0.2, 0.25) is 5.02 Å². The van der Waals surface area contributed by atoms with Gasteiger partial charge in [0.05, 0.1) is 6.04 Å². The maximum absolute atomic E-state index is 12.4. The van der Waals surface area contributed by atoms with Crippen LogP contribution in [0.5, 0.6) is 0 Å². The van der Waals surface area contributed by atoms with E-state index in [2.05, 4.69) is 22.3 Å². The Morgan fingerprint density at radius 3 is 2.32 bits per heavy atom. The minimum atomic E-state index is -0.0576. The average Bonchev–Trinajstić information content (AvgIpc) is 2.63. The van der Waals surface area contributed by atoms with Crippen molar-refractivity contribution in [3.8, 4) is 0 Å². The van der Waals surface area contributed by atoms with E-state index >= 15 is 0 Å². The second-order valence-electron chi connectivity index (χ2n) is 6.78. The highest BCUT2D eigenvalue weighted by molar-refractivity contribution is 6.30. The molecule has 0 aliphatic carbocycles. The lowest BCUT2D eigenvalue weighted by atomic mass is 10.1. The molecule has 0 aromatic heterocycles. The van der Waals surface area contributed by atoms with Gasteiger partial charge in [0.1, 0.15) is 0 Å². The van der Waals surface area contributed by atoms with Crippen LogP contribution in [-0.4, -0.2) is 23.9 Å². The summed E-state index contributed by atoms with van der Waals surface area (Å²) in [5.41, 5.74) is 3.01. The van der Waals surface area contributed by atoms with Crippen molar-refractivity contribution in [3.63, 3.8) is 0 Å². The largest absolute Gasteiger partial charge is 0.346 e. The Labute approximate surface area is 155 Å². The zero-order valence-corrected chi connectivity index (χ0v) is 15.4. The maximum Gasteiger partial charge on any atom is 0.251 e. The molecule has 0 spiro atoms. The highest BCUT2D eigenvalue weighted by Crippen LogP contribution is 2.17. The highest BCUT2D eigenvalue weighted by atomic mass is 35.5. The lowest BCUT2D eigenvalue weighted by Crippen LogP contribution is -2.29. The molecule has 132 valence electrons. The van der Waals surface area contributed by atoms with E-state index in [1.54, 1.807) is 0 Å². The molecule has 4 heteroatoms. The molecule has 1 N–H and O–H groups in total. The summed E-state index contributed by atoms with van der Waals surface area (Å²) in [4.78, 5) is 14.9. The molecule has 1 saturated heterocycles. The molecule has 25 heavy (non-hydrogen) atoms. The fourth-order valence-corrected chi connectivity index (χ4v) is 3.38. The number of halogens is 1. The third-order valence-electron chi connectivity index (χ3n) is 4.79. The van der Waals surface area contributed by atoms with E-state index in [0.717, 1.165) is 12.1 Å². The Kier molecular flexibility index (Phi) is 6.11. The van der Waals surface area contributed by atoms with E-state index in [1.165, 1.54) is 37.9 Å². The average molecular weight is 357 g/mol. The van der Waals surface area contributed by atoms with Gasteiger partial charge in [-0.3, -0.25) is 9.69 Å². The molecule has 1 amide bonds. The molecule has 0 radical (unpaired) electrons. The van der Waals surface area contributed by atoms with Crippen molar-refractivity contribution in [2.24, 2.45) is 0 Å². The van der Waals surface area contributed by atoms with E-state index in [9.17, 15) is 4.79 Å². The van der Waals surface area contributed by atoms with Crippen molar-refractivity contribution in [2.45, 2.75) is 38.8 Å². The quantitative estimate of drug-likeness (QED) is 0.833. The van der Waals surface area contributed by atoms with Crippen LogP contribution in [-0.2, 0) is 6.54 Å². The van der Waals surface area contributed by atoms with E-state index in [-0.39, 0.29) is 11.9 Å². The molecule has 1 aliphatic heterocycles. The second kappa shape index (κ2) is 8.50. The number of carbonyl (C=O) groups excluding carboxylic acids is 1. The summed E-state index contributed by atoms with van der Waals surface area (Å²) in [6, 6.07) is 15.5. The Morgan fingerprint density at radius 1 is 1.04 bits per heavy atom. The number of nitrogens with zero attached hydrogens (tertiary/aromatic N) is 1. The zero-order chi connectivity index (χ0) is 17.6. The summed E-state index contributed by atoms with van der Waals surface area (Å²) in [6.07, 6.45) is 3.94. The normalized spacial score (nSPS) is 16.4. The minimum absolute atomic E-state index is 0.0491. The zero-order valence-electron chi connectivity index (χ0n) is 14.7. The topological polar surface area (TPSA) is 32.3 Å². The molecule has 0 saturated carbocycles. The van der Waals surface area contributed by atoms with Crippen molar-refractivity contribution in [2.75, 3.05) is 13.1 Å². The van der Waals surface area contributed by atoms with Gasteiger partial charge >= 0.3 is 0 Å². The predicted molar refractivity (Wildman–Crippen MR) is 103 cm³/mol. The van der Waals surface area contributed by atoms with Gasteiger partial charge in [-0.1, -0.05) is 42.3 Å². The van der Waals surface area contributed by atoms with Crippen molar-refractivity contribution >= 4 is 17.5 Å². The van der Waals surface area contributed by atoms with Crippen LogP contribution in [0.4, 0.5) is 0 Å². The first kappa shape index (κ1) is 18.0. The minimum Gasteiger partial charge on any atom is -0.346 e. The van der Waals surface area contributed by atoms with Gasteiger partial charge in [0.15, 0.2) is 0 Å². The fourth-order valence-electron chi connectivity index (χ4n) is 3.25. The summed E-state index contributed by atoms with van der Waals surface area (Å²) >= 11 is 5.91. The van der Waals surface area contributed by atoms with Crippen LogP contribution in [0.15, 0.2) is 48.5 Å². The Bertz CT molecular complexity index is 691. The van der Waals surface area contributed by atoms with Crippen LogP contribution in [0.25, 0.3) is 0 Å². The summed E-state index contributed by atoms with van der Waals surface area (Å²) in [7, 11) is 0. The van der Waals surface area contributed by atoms with Crippen LogP contribution >= 0.6 is 11.6 Å². The molecule has 3 nitrogen and oxygen atoms in total. The van der Waals surface area contributed by atoms with Gasteiger partial charge in [-0.05, 0) is 68.2 Å². The molecule has 2 aromatic rings. The SMILES string of the molecule is C[C@@H](NC(=O)c1ccc(CN2CCCCC2)cc1)c1ccc(Cl)cc1. The number of nitrogens with one attached hydrogen (secondary N) is 1. The summed E-state index contributed by atoms with van der Waals surface area (Å²) in [5, 5.41) is 3.74. The van der Waals surface area contributed by atoms with Crippen molar-refractivity contribution in [1.82, 2.24) is 10.2 Å². The number of carbonyl (C=O) groups is 1. The summed E-state index contributed by atoms with van der Waals surface area (Å²) in [6.45, 7) is 5.32. The number of amides is 1. The molecular formula is C21H25ClN2O. The predicted octanol–water partition coefficient (Wildman–Crippen LogP) is 4.82. The molecule has 3 rings (SSSR count). The van der Waals surface area contributed by atoms with Crippen LogP contribution < -0.4 is 5.32 Å². The van der Waals surface area contributed by atoms with E-state index in [4.69, 9.17) is 11.6 Å². The van der Waals surface area contributed by atoms with Gasteiger partial charge in [0.2, 0.25) is 0 Å². The van der Waals surface area contributed by atoms with E-state index in [0.29, 0.717) is 10.6 Å². The van der Waals surface area contributed by atoms with Crippen LogP contribution in [0, 0.1) is 0 Å². The molecule has 1 fully saturated rings. The first-order chi connectivity index (χ1) is 12.1. The summed E-state index contributed by atoms with van der Waals surface area (Å²) in [5.74, 6) is -0.0491. The smallest absolute Gasteiger partial charge is 0.251 e. The number of hydrogen-bond donors (Lipinski definition) is 1. The van der Waals surface area contributed by atoms with Gasteiger partial charge in [0, 0.05) is 17.1 Å². The second-order valence-corrected chi connectivity index (χ2v) is 7.22. The van der Waals surface area contributed by atoms with Crippen molar-refractivity contribution in [1.29, 1.82) is 0 Å². The van der Waals surface area contributed by atoms with Gasteiger partial charge < -0.3 is 5.32 Å². The molecule has 1 heterocycles. The number of rotatable bonds is 5. The number of benzene rings is 2. The van der Waals surface area contributed by atoms with Gasteiger partial charge in [0.25, 0.3) is 5.91 Å². The van der Waals surface area contributed by atoms with Gasteiger partial charge in [-0.25, -0.2) is 0 Å². The Balaban J connectivity index is 1.57. The van der Waals surface area contributed by atoms with Gasteiger partial charge in [-0.2, -0.15) is 0 Å². The third-order valence-corrected chi connectivity index (χ3v) is 5.04.